The minimum Gasteiger partial charge on any atom is -0.336 e. The summed E-state index contributed by atoms with van der Waals surface area (Å²) in [4.78, 5) is 18.7. The molecule has 1 aromatic carbocycles. The molecule has 2 aromatic rings. The van der Waals surface area contributed by atoms with Gasteiger partial charge in [-0.05, 0) is 17.7 Å². The Hall–Kier alpha value is -2.20. The molecule has 3 rings (SSSR count). The Bertz CT molecular complexity index is 592. The van der Waals surface area contributed by atoms with Gasteiger partial charge in [-0.15, -0.1) is 0 Å². The molecule has 20 heavy (non-hydrogen) atoms. The number of benzene rings is 1. The van der Waals surface area contributed by atoms with Gasteiger partial charge in [-0.1, -0.05) is 24.3 Å². The van der Waals surface area contributed by atoms with Gasteiger partial charge in [-0.2, -0.15) is 0 Å². The van der Waals surface area contributed by atoms with Crippen molar-refractivity contribution in [1.82, 2.24) is 15.2 Å². The van der Waals surface area contributed by atoms with Gasteiger partial charge >= 0.3 is 0 Å². The quantitative estimate of drug-likeness (QED) is 0.902. The zero-order valence-corrected chi connectivity index (χ0v) is 11.2. The van der Waals surface area contributed by atoms with Crippen molar-refractivity contribution in [2.24, 2.45) is 0 Å². The molecule has 4 nitrogen and oxygen atoms in total. The average molecular weight is 267 g/mol. The van der Waals surface area contributed by atoms with E-state index in [9.17, 15) is 4.79 Å². The first kappa shape index (κ1) is 12.8. The Kier molecular flexibility index (Phi) is 3.74. The fraction of sp³-hybridized carbons (Fsp3) is 0.250. The number of carbonyl (C=O) groups is 1. The minimum atomic E-state index is 0.103. The van der Waals surface area contributed by atoms with Crippen molar-refractivity contribution < 1.29 is 4.79 Å². The minimum absolute atomic E-state index is 0.103. The second kappa shape index (κ2) is 5.84. The molecule has 0 radical (unpaired) electrons. The van der Waals surface area contributed by atoms with Crippen LogP contribution in [-0.4, -0.2) is 42.0 Å². The van der Waals surface area contributed by atoms with E-state index in [1.165, 1.54) is 0 Å². The van der Waals surface area contributed by atoms with Crippen LogP contribution in [0.15, 0.2) is 48.8 Å². The van der Waals surface area contributed by atoms with E-state index in [0.717, 1.165) is 42.9 Å². The van der Waals surface area contributed by atoms with E-state index in [-0.39, 0.29) is 5.91 Å². The average Bonchev–Trinajstić information content (AvgIpc) is 2.56. The third-order valence-electron chi connectivity index (χ3n) is 3.53. The van der Waals surface area contributed by atoms with Crippen LogP contribution in [0.4, 0.5) is 0 Å². The number of amides is 1. The van der Waals surface area contributed by atoms with E-state index < -0.39 is 0 Å². The smallest absolute Gasteiger partial charge is 0.254 e. The van der Waals surface area contributed by atoms with Crippen LogP contribution >= 0.6 is 0 Å². The van der Waals surface area contributed by atoms with Gasteiger partial charge in [0, 0.05) is 49.7 Å². The highest BCUT2D eigenvalue weighted by Gasteiger charge is 2.20. The van der Waals surface area contributed by atoms with Gasteiger partial charge in [0.05, 0.1) is 0 Å². The Morgan fingerprint density at radius 1 is 1.10 bits per heavy atom. The van der Waals surface area contributed by atoms with Crippen LogP contribution < -0.4 is 5.32 Å². The highest BCUT2D eigenvalue weighted by molar-refractivity contribution is 6.00. The van der Waals surface area contributed by atoms with E-state index in [0.29, 0.717) is 0 Å². The molecule has 4 heteroatoms. The van der Waals surface area contributed by atoms with Gasteiger partial charge in [-0.3, -0.25) is 9.78 Å². The summed E-state index contributed by atoms with van der Waals surface area (Å²) in [5.41, 5.74) is 2.68. The maximum absolute atomic E-state index is 12.7. The summed E-state index contributed by atoms with van der Waals surface area (Å²) >= 11 is 0. The fourth-order valence-electron chi connectivity index (χ4n) is 2.48. The van der Waals surface area contributed by atoms with Crippen molar-refractivity contribution in [2.75, 3.05) is 26.2 Å². The Morgan fingerprint density at radius 2 is 1.90 bits per heavy atom. The SMILES string of the molecule is O=C(c1ccccc1-c1cccnc1)N1CCNCC1. The summed E-state index contributed by atoms with van der Waals surface area (Å²) in [5, 5.41) is 3.26. The third kappa shape index (κ3) is 2.56. The number of hydrogen-bond donors (Lipinski definition) is 1. The van der Waals surface area contributed by atoms with Crippen LogP contribution in [0, 0.1) is 0 Å². The number of aromatic nitrogens is 1. The molecule has 102 valence electrons. The zero-order chi connectivity index (χ0) is 13.8. The number of hydrogen-bond acceptors (Lipinski definition) is 3. The standard InChI is InChI=1S/C16H17N3O/c20-16(19-10-8-17-9-11-19)15-6-2-1-5-14(15)13-4-3-7-18-12-13/h1-7,12,17H,8-11H2. The lowest BCUT2D eigenvalue weighted by atomic mass is 10.00. The van der Waals surface area contributed by atoms with E-state index in [4.69, 9.17) is 0 Å². The molecule has 1 fully saturated rings. The predicted octanol–water partition coefficient (Wildman–Crippen LogP) is 1.79. The highest BCUT2D eigenvalue weighted by atomic mass is 16.2. The fourth-order valence-corrected chi connectivity index (χ4v) is 2.48. The molecular formula is C16H17N3O. The molecule has 0 atom stereocenters. The van der Waals surface area contributed by atoms with Crippen molar-refractivity contribution in [3.63, 3.8) is 0 Å². The first-order valence-corrected chi connectivity index (χ1v) is 6.86. The second-order valence-electron chi connectivity index (χ2n) is 4.83. The Morgan fingerprint density at radius 3 is 2.65 bits per heavy atom. The molecule has 1 N–H and O–H groups in total. The van der Waals surface area contributed by atoms with Crippen LogP contribution in [0.3, 0.4) is 0 Å². The molecule has 2 heterocycles. The van der Waals surface area contributed by atoms with Crippen molar-refractivity contribution in [1.29, 1.82) is 0 Å². The lowest BCUT2D eigenvalue weighted by Gasteiger charge is -2.28. The van der Waals surface area contributed by atoms with Crippen molar-refractivity contribution >= 4 is 5.91 Å². The van der Waals surface area contributed by atoms with Crippen molar-refractivity contribution in [2.45, 2.75) is 0 Å². The Labute approximate surface area is 118 Å². The monoisotopic (exact) mass is 267 g/mol. The van der Waals surface area contributed by atoms with E-state index >= 15 is 0 Å². The van der Waals surface area contributed by atoms with E-state index in [2.05, 4.69) is 10.3 Å². The van der Waals surface area contributed by atoms with Crippen LogP contribution in [0.2, 0.25) is 0 Å². The van der Waals surface area contributed by atoms with Gasteiger partial charge in [0.2, 0.25) is 0 Å². The summed E-state index contributed by atoms with van der Waals surface area (Å²) in [6.07, 6.45) is 3.54. The second-order valence-corrected chi connectivity index (χ2v) is 4.83. The predicted molar refractivity (Wildman–Crippen MR) is 78.4 cm³/mol. The number of pyridine rings is 1. The molecule has 1 aromatic heterocycles. The lowest BCUT2D eigenvalue weighted by molar-refractivity contribution is 0.0736. The molecular weight excluding hydrogens is 250 g/mol. The summed E-state index contributed by atoms with van der Waals surface area (Å²) in [5.74, 6) is 0.103. The summed E-state index contributed by atoms with van der Waals surface area (Å²) in [6.45, 7) is 3.25. The molecule has 0 unspecified atom stereocenters. The molecule has 0 aliphatic carbocycles. The maximum atomic E-state index is 12.7. The number of nitrogens with one attached hydrogen (secondary N) is 1. The number of nitrogens with zero attached hydrogens (tertiary/aromatic N) is 2. The van der Waals surface area contributed by atoms with Crippen LogP contribution in [-0.2, 0) is 0 Å². The van der Waals surface area contributed by atoms with Crippen LogP contribution in [0.5, 0.6) is 0 Å². The first-order chi connectivity index (χ1) is 9.86. The molecule has 0 spiro atoms. The van der Waals surface area contributed by atoms with Crippen molar-refractivity contribution in [3.05, 3.63) is 54.4 Å². The molecule has 1 amide bonds. The summed E-state index contributed by atoms with van der Waals surface area (Å²) in [6, 6.07) is 11.6. The van der Waals surface area contributed by atoms with E-state index in [1.54, 1.807) is 12.4 Å². The number of carbonyl (C=O) groups excluding carboxylic acids is 1. The van der Waals surface area contributed by atoms with Gasteiger partial charge in [0.1, 0.15) is 0 Å². The lowest BCUT2D eigenvalue weighted by Crippen LogP contribution is -2.46. The molecule has 0 bridgehead atoms. The highest BCUT2D eigenvalue weighted by Crippen LogP contribution is 2.24. The molecule has 1 aliphatic rings. The summed E-state index contributed by atoms with van der Waals surface area (Å²) in [7, 11) is 0. The first-order valence-electron chi connectivity index (χ1n) is 6.86. The van der Waals surface area contributed by atoms with Gasteiger partial charge in [0.15, 0.2) is 0 Å². The maximum Gasteiger partial charge on any atom is 0.254 e. The normalized spacial score (nSPS) is 15.1. The van der Waals surface area contributed by atoms with E-state index in [1.807, 2.05) is 41.3 Å². The van der Waals surface area contributed by atoms with Gasteiger partial charge in [0.25, 0.3) is 5.91 Å². The molecule has 1 saturated heterocycles. The largest absolute Gasteiger partial charge is 0.336 e. The molecule has 0 saturated carbocycles. The topological polar surface area (TPSA) is 45.2 Å². The van der Waals surface area contributed by atoms with Gasteiger partial charge in [-0.25, -0.2) is 0 Å². The summed E-state index contributed by atoms with van der Waals surface area (Å²) < 4.78 is 0. The van der Waals surface area contributed by atoms with Crippen LogP contribution in [0.1, 0.15) is 10.4 Å². The van der Waals surface area contributed by atoms with Gasteiger partial charge < -0.3 is 10.2 Å². The number of rotatable bonds is 2. The molecule has 1 aliphatic heterocycles. The van der Waals surface area contributed by atoms with Crippen LogP contribution in [0.25, 0.3) is 11.1 Å². The third-order valence-corrected chi connectivity index (χ3v) is 3.53. The van der Waals surface area contributed by atoms with Crippen molar-refractivity contribution in [3.8, 4) is 11.1 Å². The number of piperazine rings is 1. The zero-order valence-electron chi connectivity index (χ0n) is 11.2. The Balaban J connectivity index is 1.95.